The number of aromatic amines is 1. The van der Waals surface area contributed by atoms with E-state index in [1.165, 1.54) is 19.3 Å². The summed E-state index contributed by atoms with van der Waals surface area (Å²) < 4.78 is 0. The van der Waals surface area contributed by atoms with Crippen LogP contribution in [0.3, 0.4) is 0 Å². The van der Waals surface area contributed by atoms with Gasteiger partial charge in [0.1, 0.15) is 17.8 Å². The Balaban J connectivity index is 2.00. The third-order valence-electron chi connectivity index (χ3n) is 3.78. The second-order valence-corrected chi connectivity index (χ2v) is 5.98. The van der Waals surface area contributed by atoms with E-state index in [2.05, 4.69) is 39.8 Å². The fourth-order valence-corrected chi connectivity index (χ4v) is 2.87. The molecule has 0 spiro atoms. The molecular formula is C14H20N4. The van der Waals surface area contributed by atoms with E-state index in [1.54, 1.807) is 6.33 Å². The first-order valence-corrected chi connectivity index (χ1v) is 6.69. The normalized spacial score (nSPS) is 20.0. The third kappa shape index (κ3) is 2.07. The first-order chi connectivity index (χ1) is 8.66. The summed E-state index contributed by atoms with van der Waals surface area (Å²) >= 11 is 0. The molecule has 0 saturated carbocycles. The van der Waals surface area contributed by atoms with Crippen LogP contribution in [0.25, 0.3) is 11.0 Å². The second kappa shape index (κ2) is 4.26. The molecule has 4 nitrogen and oxygen atoms in total. The van der Waals surface area contributed by atoms with Gasteiger partial charge < -0.3 is 9.88 Å². The van der Waals surface area contributed by atoms with E-state index in [1.807, 2.05) is 6.20 Å². The number of fused-ring (bicyclic) bond motifs is 1. The van der Waals surface area contributed by atoms with Crippen LogP contribution in [0.4, 0.5) is 5.82 Å². The van der Waals surface area contributed by atoms with E-state index in [-0.39, 0.29) is 0 Å². The second-order valence-electron chi connectivity index (χ2n) is 5.98. The van der Waals surface area contributed by atoms with Crippen LogP contribution in [-0.2, 0) is 0 Å². The van der Waals surface area contributed by atoms with E-state index >= 15 is 0 Å². The molecule has 0 radical (unpaired) electrons. The van der Waals surface area contributed by atoms with Crippen LogP contribution in [0, 0.1) is 5.41 Å². The van der Waals surface area contributed by atoms with Gasteiger partial charge in [0.25, 0.3) is 0 Å². The van der Waals surface area contributed by atoms with Gasteiger partial charge in [0.05, 0.1) is 5.39 Å². The van der Waals surface area contributed by atoms with Gasteiger partial charge in [0.15, 0.2) is 0 Å². The summed E-state index contributed by atoms with van der Waals surface area (Å²) in [6, 6.07) is 2.07. The summed E-state index contributed by atoms with van der Waals surface area (Å²) in [7, 11) is 0. The number of hydrogen-bond donors (Lipinski definition) is 1. The average molecular weight is 244 g/mol. The fraction of sp³-hybridized carbons (Fsp3) is 0.571. The standard InChI is InChI=1S/C14H20N4/c1-14(2)6-3-4-8-18(9-14)13-11-5-7-15-12(11)16-10-17-13/h5,7,10H,3-4,6,8-9H2,1-2H3,(H,15,16,17). The maximum absolute atomic E-state index is 4.50. The Bertz CT molecular complexity index is 543. The molecule has 1 saturated heterocycles. The van der Waals surface area contributed by atoms with Crippen LogP contribution in [0.5, 0.6) is 0 Å². The summed E-state index contributed by atoms with van der Waals surface area (Å²) in [5.41, 5.74) is 1.30. The number of aromatic nitrogens is 3. The lowest BCUT2D eigenvalue weighted by molar-refractivity contribution is 0.349. The number of hydrogen-bond acceptors (Lipinski definition) is 3. The molecule has 0 aliphatic carbocycles. The van der Waals surface area contributed by atoms with Crippen molar-refractivity contribution < 1.29 is 0 Å². The van der Waals surface area contributed by atoms with Gasteiger partial charge >= 0.3 is 0 Å². The number of nitrogens with one attached hydrogen (secondary N) is 1. The van der Waals surface area contributed by atoms with E-state index in [9.17, 15) is 0 Å². The first-order valence-electron chi connectivity index (χ1n) is 6.69. The van der Waals surface area contributed by atoms with Gasteiger partial charge in [-0.25, -0.2) is 9.97 Å². The highest BCUT2D eigenvalue weighted by atomic mass is 15.2. The quantitative estimate of drug-likeness (QED) is 0.838. The van der Waals surface area contributed by atoms with Gasteiger partial charge in [0, 0.05) is 19.3 Å². The summed E-state index contributed by atoms with van der Waals surface area (Å²) in [6.07, 6.45) is 7.45. The van der Waals surface area contributed by atoms with Crippen molar-refractivity contribution in [2.24, 2.45) is 5.41 Å². The minimum absolute atomic E-state index is 0.365. The molecular weight excluding hydrogens is 224 g/mol. The minimum Gasteiger partial charge on any atom is -0.355 e. The summed E-state index contributed by atoms with van der Waals surface area (Å²) in [6.45, 7) is 6.87. The number of rotatable bonds is 1. The first kappa shape index (κ1) is 11.5. The largest absolute Gasteiger partial charge is 0.355 e. The van der Waals surface area contributed by atoms with Crippen molar-refractivity contribution in [3.05, 3.63) is 18.6 Å². The maximum Gasteiger partial charge on any atom is 0.142 e. The van der Waals surface area contributed by atoms with Gasteiger partial charge in [-0.1, -0.05) is 20.3 Å². The molecule has 2 aromatic rings. The fourth-order valence-electron chi connectivity index (χ4n) is 2.87. The third-order valence-corrected chi connectivity index (χ3v) is 3.78. The molecule has 4 heteroatoms. The molecule has 0 unspecified atom stereocenters. The van der Waals surface area contributed by atoms with Gasteiger partial charge in [0.2, 0.25) is 0 Å². The van der Waals surface area contributed by atoms with Gasteiger partial charge in [-0.3, -0.25) is 0 Å². The minimum atomic E-state index is 0.365. The molecule has 1 aliphatic heterocycles. The van der Waals surface area contributed by atoms with E-state index in [0.717, 1.165) is 29.9 Å². The van der Waals surface area contributed by atoms with E-state index in [0.29, 0.717) is 5.41 Å². The lowest BCUT2D eigenvalue weighted by Crippen LogP contribution is -2.33. The van der Waals surface area contributed by atoms with Crippen molar-refractivity contribution in [2.45, 2.75) is 33.1 Å². The van der Waals surface area contributed by atoms with Crippen molar-refractivity contribution in [3.8, 4) is 0 Å². The Morgan fingerprint density at radius 2 is 2.17 bits per heavy atom. The van der Waals surface area contributed by atoms with Crippen LogP contribution in [0.15, 0.2) is 18.6 Å². The van der Waals surface area contributed by atoms with Crippen molar-refractivity contribution >= 4 is 16.9 Å². The van der Waals surface area contributed by atoms with Crippen molar-refractivity contribution in [1.82, 2.24) is 15.0 Å². The molecule has 1 fully saturated rings. The molecule has 1 N–H and O–H groups in total. The lowest BCUT2D eigenvalue weighted by atomic mass is 9.88. The topological polar surface area (TPSA) is 44.8 Å². The van der Waals surface area contributed by atoms with Crippen molar-refractivity contribution in [3.63, 3.8) is 0 Å². The van der Waals surface area contributed by atoms with Gasteiger partial charge in [-0.15, -0.1) is 0 Å². The highest BCUT2D eigenvalue weighted by Gasteiger charge is 2.26. The monoisotopic (exact) mass is 244 g/mol. The number of H-pyrrole nitrogens is 1. The van der Waals surface area contributed by atoms with Crippen molar-refractivity contribution in [1.29, 1.82) is 0 Å². The predicted molar refractivity (Wildman–Crippen MR) is 73.7 cm³/mol. The van der Waals surface area contributed by atoms with Gasteiger partial charge in [-0.05, 0) is 24.3 Å². The van der Waals surface area contributed by atoms with Crippen LogP contribution >= 0.6 is 0 Å². The van der Waals surface area contributed by atoms with E-state index < -0.39 is 0 Å². The number of nitrogens with zero attached hydrogens (tertiary/aromatic N) is 3. The molecule has 0 aromatic carbocycles. The SMILES string of the molecule is CC1(C)CCCCN(c2ncnc3[nH]ccc23)C1. The maximum atomic E-state index is 4.50. The molecule has 3 heterocycles. The molecule has 1 aliphatic rings. The molecule has 3 rings (SSSR count). The Morgan fingerprint density at radius 1 is 1.28 bits per heavy atom. The highest BCUT2D eigenvalue weighted by Crippen LogP contribution is 2.32. The Morgan fingerprint density at radius 3 is 3.06 bits per heavy atom. The van der Waals surface area contributed by atoms with Crippen LogP contribution in [-0.4, -0.2) is 28.0 Å². The van der Waals surface area contributed by atoms with Crippen LogP contribution < -0.4 is 4.90 Å². The molecule has 0 atom stereocenters. The molecule has 18 heavy (non-hydrogen) atoms. The van der Waals surface area contributed by atoms with Crippen LogP contribution in [0.1, 0.15) is 33.1 Å². The Labute approximate surface area is 107 Å². The lowest BCUT2D eigenvalue weighted by Gasteiger charge is -2.30. The molecule has 0 bridgehead atoms. The Hall–Kier alpha value is -1.58. The summed E-state index contributed by atoms with van der Waals surface area (Å²) in [4.78, 5) is 14.3. The highest BCUT2D eigenvalue weighted by molar-refractivity contribution is 5.87. The summed E-state index contributed by atoms with van der Waals surface area (Å²) in [5, 5.41) is 1.13. The average Bonchev–Trinajstić information content (AvgIpc) is 2.73. The van der Waals surface area contributed by atoms with Crippen LogP contribution in [0.2, 0.25) is 0 Å². The molecule has 0 amide bonds. The predicted octanol–water partition coefficient (Wildman–Crippen LogP) is 2.97. The van der Waals surface area contributed by atoms with E-state index in [4.69, 9.17) is 0 Å². The molecule has 96 valence electrons. The van der Waals surface area contributed by atoms with Crippen molar-refractivity contribution in [2.75, 3.05) is 18.0 Å². The zero-order valence-electron chi connectivity index (χ0n) is 11.1. The molecule has 2 aromatic heterocycles. The van der Waals surface area contributed by atoms with Gasteiger partial charge in [-0.2, -0.15) is 0 Å². The number of anilines is 1. The zero-order chi connectivity index (χ0) is 12.6. The Kier molecular flexibility index (Phi) is 2.73. The zero-order valence-corrected chi connectivity index (χ0v) is 11.1. The smallest absolute Gasteiger partial charge is 0.142 e. The summed E-state index contributed by atoms with van der Waals surface area (Å²) in [5.74, 6) is 1.08.